The number of halogens is 3. The van der Waals surface area contributed by atoms with E-state index >= 15 is 0 Å². The second-order valence-electron chi connectivity index (χ2n) is 6.16. The van der Waals surface area contributed by atoms with Crippen LogP contribution in [0.2, 0.25) is 0 Å². The number of aromatic nitrogens is 8. The van der Waals surface area contributed by atoms with Crippen molar-refractivity contribution in [1.82, 2.24) is 40.1 Å². The average molecular weight is 369 g/mol. The molecule has 1 fully saturated rings. The van der Waals surface area contributed by atoms with Crippen molar-refractivity contribution in [2.45, 2.75) is 44.3 Å². The number of aryl methyl sites for hydroxylation is 1. The summed E-state index contributed by atoms with van der Waals surface area (Å²) < 4.78 is 44.2. The lowest BCUT2D eigenvalue weighted by Crippen LogP contribution is -2.34. The standard InChI is InChI=1S/C13H14F3N9O/c1-6-18-7(8-19-9(24-26-8)12(17)4-2-3-5-12)23-25(6)11-20-10(21-22-11)13(14,15)16/h2-5,17H2,1H3,(H,20,21,22). The molecule has 1 aliphatic rings. The molecule has 3 aromatic rings. The number of nitrogens with two attached hydrogens (primary N) is 1. The summed E-state index contributed by atoms with van der Waals surface area (Å²) in [5.41, 5.74) is 5.65. The van der Waals surface area contributed by atoms with Gasteiger partial charge in [0.15, 0.2) is 5.82 Å². The average Bonchev–Trinajstić information content (AvgIpc) is 3.32. The van der Waals surface area contributed by atoms with E-state index in [9.17, 15) is 13.2 Å². The van der Waals surface area contributed by atoms with Gasteiger partial charge in [0.2, 0.25) is 11.6 Å². The number of rotatable bonds is 3. The highest BCUT2D eigenvalue weighted by Gasteiger charge is 2.37. The van der Waals surface area contributed by atoms with E-state index in [1.807, 2.05) is 5.10 Å². The smallest absolute Gasteiger partial charge is 0.330 e. The SMILES string of the molecule is Cc1nc(-c2nc(C3(N)CCCC3)no2)nn1-c1n[nH]c(C(F)(F)F)n1. The van der Waals surface area contributed by atoms with E-state index in [2.05, 4.69) is 30.3 Å². The van der Waals surface area contributed by atoms with Crippen molar-refractivity contribution in [1.29, 1.82) is 0 Å². The second-order valence-corrected chi connectivity index (χ2v) is 6.16. The molecule has 0 unspecified atom stereocenters. The number of nitrogens with one attached hydrogen (secondary N) is 1. The summed E-state index contributed by atoms with van der Waals surface area (Å²) in [5.74, 6) is -0.798. The number of hydrogen-bond donors (Lipinski definition) is 2. The van der Waals surface area contributed by atoms with E-state index in [4.69, 9.17) is 10.3 Å². The molecule has 0 amide bonds. The van der Waals surface area contributed by atoms with Crippen LogP contribution in [0.25, 0.3) is 17.7 Å². The van der Waals surface area contributed by atoms with Crippen LogP contribution >= 0.6 is 0 Å². The predicted molar refractivity (Wildman–Crippen MR) is 78.7 cm³/mol. The minimum absolute atomic E-state index is 0.0326. The summed E-state index contributed by atoms with van der Waals surface area (Å²) in [6, 6.07) is 0. The molecule has 3 N–H and O–H groups in total. The minimum atomic E-state index is -4.64. The first-order valence-electron chi connectivity index (χ1n) is 7.83. The van der Waals surface area contributed by atoms with Crippen LogP contribution in [0.4, 0.5) is 13.2 Å². The molecule has 13 heteroatoms. The summed E-state index contributed by atoms with van der Waals surface area (Å²) in [4.78, 5) is 11.8. The number of H-pyrrole nitrogens is 1. The fourth-order valence-corrected chi connectivity index (χ4v) is 2.89. The van der Waals surface area contributed by atoms with E-state index in [1.54, 1.807) is 6.92 Å². The molecule has 0 bridgehead atoms. The molecule has 0 spiro atoms. The van der Waals surface area contributed by atoms with Gasteiger partial charge in [-0.25, -0.2) is 4.98 Å². The molecule has 0 radical (unpaired) electrons. The largest absolute Gasteiger partial charge is 0.451 e. The van der Waals surface area contributed by atoms with Gasteiger partial charge in [-0.2, -0.15) is 27.8 Å². The van der Waals surface area contributed by atoms with Gasteiger partial charge in [-0.1, -0.05) is 18.0 Å². The van der Waals surface area contributed by atoms with Gasteiger partial charge in [0.1, 0.15) is 5.82 Å². The van der Waals surface area contributed by atoms with Crippen LogP contribution in [0.1, 0.15) is 43.2 Å². The van der Waals surface area contributed by atoms with Gasteiger partial charge in [0, 0.05) is 0 Å². The first-order chi connectivity index (χ1) is 12.3. The summed E-state index contributed by atoms with van der Waals surface area (Å²) in [5, 5.41) is 13.3. The summed E-state index contributed by atoms with van der Waals surface area (Å²) in [7, 11) is 0. The minimum Gasteiger partial charge on any atom is -0.330 e. The molecule has 1 saturated carbocycles. The maximum absolute atomic E-state index is 12.7. The van der Waals surface area contributed by atoms with Crippen LogP contribution < -0.4 is 5.73 Å². The van der Waals surface area contributed by atoms with Crippen molar-refractivity contribution in [2.24, 2.45) is 5.73 Å². The predicted octanol–water partition coefficient (Wildman–Crippen LogP) is 1.49. The Morgan fingerprint density at radius 3 is 2.58 bits per heavy atom. The van der Waals surface area contributed by atoms with E-state index < -0.39 is 17.5 Å². The lowest BCUT2D eigenvalue weighted by atomic mass is 9.99. The molecule has 0 aromatic carbocycles. The molecule has 26 heavy (non-hydrogen) atoms. The maximum atomic E-state index is 12.7. The van der Waals surface area contributed by atoms with E-state index in [0.717, 1.165) is 30.4 Å². The number of alkyl halides is 3. The highest BCUT2D eigenvalue weighted by atomic mass is 19.4. The zero-order valence-electron chi connectivity index (χ0n) is 13.6. The van der Waals surface area contributed by atoms with Crippen LogP contribution in [-0.2, 0) is 11.7 Å². The van der Waals surface area contributed by atoms with E-state index in [0.29, 0.717) is 5.82 Å². The summed E-state index contributed by atoms with van der Waals surface area (Å²) in [6.45, 7) is 1.54. The first kappa shape index (κ1) is 16.6. The quantitative estimate of drug-likeness (QED) is 0.708. The van der Waals surface area contributed by atoms with Gasteiger partial charge in [-0.15, -0.1) is 10.2 Å². The van der Waals surface area contributed by atoms with Gasteiger partial charge in [-0.05, 0) is 19.8 Å². The fourth-order valence-electron chi connectivity index (χ4n) is 2.89. The zero-order valence-corrected chi connectivity index (χ0v) is 13.6. The highest BCUT2D eigenvalue weighted by molar-refractivity contribution is 5.40. The molecular formula is C13H14F3N9O. The van der Waals surface area contributed by atoms with Gasteiger partial charge in [-0.3, -0.25) is 5.10 Å². The maximum Gasteiger partial charge on any atom is 0.451 e. The molecule has 0 saturated heterocycles. The van der Waals surface area contributed by atoms with Gasteiger partial charge >= 0.3 is 6.18 Å². The summed E-state index contributed by atoms with van der Waals surface area (Å²) >= 11 is 0. The Morgan fingerprint density at radius 1 is 1.19 bits per heavy atom. The summed E-state index contributed by atoms with van der Waals surface area (Å²) in [6.07, 6.45) is -1.16. The Kier molecular flexibility index (Phi) is 3.57. The Balaban J connectivity index is 1.65. The van der Waals surface area contributed by atoms with Crippen molar-refractivity contribution >= 4 is 0 Å². The lowest BCUT2D eigenvalue weighted by Gasteiger charge is -2.17. The number of hydrogen-bond acceptors (Lipinski definition) is 8. The topological polar surface area (TPSA) is 137 Å². The van der Waals surface area contributed by atoms with Crippen molar-refractivity contribution in [3.05, 3.63) is 17.5 Å². The second kappa shape index (κ2) is 5.59. The van der Waals surface area contributed by atoms with Crippen molar-refractivity contribution < 1.29 is 17.7 Å². The number of nitrogens with zero attached hydrogens (tertiary/aromatic N) is 7. The van der Waals surface area contributed by atoms with Crippen LogP contribution in [0.15, 0.2) is 4.52 Å². The third-order valence-electron chi connectivity index (χ3n) is 4.26. The number of aromatic amines is 1. The third-order valence-corrected chi connectivity index (χ3v) is 4.26. The van der Waals surface area contributed by atoms with E-state index in [-0.39, 0.29) is 23.5 Å². The molecule has 138 valence electrons. The molecule has 4 rings (SSSR count). The normalized spacial score (nSPS) is 17.1. The van der Waals surface area contributed by atoms with Crippen LogP contribution in [0.5, 0.6) is 0 Å². The Morgan fingerprint density at radius 2 is 1.92 bits per heavy atom. The highest BCUT2D eigenvalue weighted by Crippen LogP contribution is 2.35. The Bertz CT molecular complexity index is 935. The molecule has 3 heterocycles. The first-order valence-corrected chi connectivity index (χ1v) is 7.83. The Hall–Kier alpha value is -2.83. The fraction of sp³-hybridized carbons (Fsp3) is 0.538. The van der Waals surface area contributed by atoms with Crippen molar-refractivity contribution in [3.63, 3.8) is 0 Å². The zero-order chi connectivity index (χ0) is 18.5. The lowest BCUT2D eigenvalue weighted by molar-refractivity contribution is -0.144. The van der Waals surface area contributed by atoms with Gasteiger partial charge in [0.05, 0.1) is 5.54 Å². The Labute approximate surface area is 144 Å². The molecular weight excluding hydrogens is 355 g/mol. The molecule has 1 aliphatic carbocycles. The molecule has 3 aromatic heterocycles. The van der Waals surface area contributed by atoms with Crippen LogP contribution in [-0.4, -0.2) is 40.1 Å². The van der Waals surface area contributed by atoms with Crippen molar-refractivity contribution in [2.75, 3.05) is 0 Å². The van der Waals surface area contributed by atoms with Crippen molar-refractivity contribution in [3.8, 4) is 17.7 Å². The monoisotopic (exact) mass is 369 g/mol. The van der Waals surface area contributed by atoms with Gasteiger partial charge in [0.25, 0.3) is 11.8 Å². The molecule has 0 atom stereocenters. The van der Waals surface area contributed by atoms with E-state index in [1.165, 1.54) is 0 Å². The van der Waals surface area contributed by atoms with Gasteiger partial charge < -0.3 is 10.3 Å². The molecule has 10 nitrogen and oxygen atoms in total. The van der Waals surface area contributed by atoms with Crippen LogP contribution in [0.3, 0.4) is 0 Å². The van der Waals surface area contributed by atoms with Crippen LogP contribution in [0, 0.1) is 6.92 Å². The molecule has 0 aliphatic heterocycles. The third kappa shape index (κ3) is 2.73.